The minimum Gasteiger partial charge on any atom is -0.492 e. The highest BCUT2D eigenvalue weighted by Crippen LogP contribution is 2.48. The Bertz CT molecular complexity index is 1060. The lowest BCUT2D eigenvalue weighted by Gasteiger charge is -2.23. The van der Waals surface area contributed by atoms with Gasteiger partial charge in [-0.25, -0.2) is 0 Å². The maximum absolute atomic E-state index is 12.5. The van der Waals surface area contributed by atoms with E-state index in [0.717, 1.165) is 23.0 Å². The summed E-state index contributed by atoms with van der Waals surface area (Å²) in [5.41, 5.74) is 1.70. The zero-order chi connectivity index (χ0) is 21.5. The second-order valence-corrected chi connectivity index (χ2v) is 7.18. The van der Waals surface area contributed by atoms with Gasteiger partial charge in [-0.15, -0.1) is 0 Å². The number of hydrogen-bond donors (Lipinski definition) is 0. The first-order valence-corrected chi connectivity index (χ1v) is 8.69. The number of ether oxygens (including phenoxy) is 1. The molecule has 9 heteroatoms. The van der Waals surface area contributed by atoms with Gasteiger partial charge in [0.2, 0.25) is 5.78 Å². The number of anilines is 1. The number of allylic oxidation sites excluding steroid dienone is 6. The van der Waals surface area contributed by atoms with E-state index in [2.05, 4.69) is 0 Å². The number of nitro groups is 2. The molecular weight excluding hydrogens is 378 g/mol. The Morgan fingerprint density at radius 2 is 1.79 bits per heavy atom. The van der Waals surface area contributed by atoms with Gasteiger partial charge in [-0.2, -0.15) is 0 Å². The summed E-state index contributed by atoms with van der Waals surface area (Å²) in [5.74, 6) is -0.566. The van der Waals surface area contributed by atoms with Crippen LogP contribution < -0.4 is 4.90 Å². The topological polar surface area (TPSA) is 116 Å². The average Bonchev–Trinajstić information content (AvgIpc) is 2.86. The monoisotopic (exact) mass is 397 g/mol. The Labute approximate surface area is 166 Å². The number of fused-ring (bicyclic) bond motifs is 1. The minimum atomic E-state index is -0.590. The molecule has 1 heterocycles. The molecule has 0 bridgehead atoms. The summed E-state index contributed by atoms with van der Waals surface area (Å²) >= 11 is 0. The van der Waals surface area contributed by atoms with E-state index in [4.69, 9.17) is 4.74 Å². The maximum Gasteiger partial charge on any atom is 0.274 e. The van der Waals surface area contributed by atoms with E-state index in [1.54, 1.807) is 18.2 Å². The minimum absolute atomic E-state index is 0.000666. The molecule has 1 aliphatic heterocycles. The maximum atomic E-state index is 12.5. The summed E-state index contributed by atoms with van der Waals surface area (Å²) in [5, 5.41) is 22.3. The number of nitrogens with zero attached hydrogens (tertiary/aromatic N) is 3. The van der Waals surface area contributed by atoms with E-state index in [9.17, 15) is 25.0 Å². The fourth-order valence-corrected chi connectivity index (χ4v) is 3.60. The molecule has 150 valence electrons. The number of Topliss-reactive ketones (excluding diaryl/α,β-unsaturated/α-hetero) is 1. The van der Waals surface area contributed by atoms with Crippen molar-refractivity contribution in [2.75, 3.05) is 19.1 Å². The molecule has 2 aliphatic rings. The lowest BCUT2D eigenvalue weighted by molar-refractivity contribution is -0.419. The molecule has 0 N–H and O–H groups in total. The van der Waals surface area contributed by atoms with Gasteiger partial charge in [0.25, 0.3) is 11.4 Å². The molecule has 1 aromatic rings. The summed E-state index contributed by atoms with van der Waals surface area (Å²) in [6.45, 7) is 3.84. The molecule has 0 saturated carbocycles. The van der Waals surface area contributed by atoms with Gasteiger partial charge < -0.3 is 9.64 Å². The standard InChI is InChI=1S/C20H19N3O6/c1-20(2)15-10-13(22(25)26)6-7-16(15)21(3)18(20)8-5-12-9-14(23(27)28)11-17(29-4)19(12)24/h5-11H,1-4H3/b12-5-,18-8-. The lowest BCUT2D eigenvalue weighted by Crippen LogP contribution is -2.23. The summed E-state index contributed by atoms with van der Waals surface area (Å²) in [6.07, 6.45) is 5.49. The van der Waals surface area contributed by atoms with E-state index in [1.807, 2.05) is 25.8 Å². The second-order valence-electron chi connectivity index (χ2n) is 7.18. The highest BCUT2D eigenvalue weighted by molar-refractivity contribution is 6.10. The summed E-state index contributed by atoms with van der Waals surface area (Å²) in [7, 11) is 3.10. The number of carbonyl (C=O) groups excluding carboxylic acids is 1. The van der Waals surface area contributed by atoms with E-state index < -0.39 is 21.0 Å². The van der Waals surface area contributed by atoms with Crippen molar-refractivity contribution in [3.8, 4) is 0 Å². The third-order valence-corrected chi connectivity index (χ3v) is 5.15. The first-order valence-electron chi connectivity index (χ1n) is 8.69. The molecule has 9 nitrogen and oxygen atoms in total. The molecule has 0 fully saturated rings. The van der Waals surface area contributed by atoms with Crippen LogP contribution in [0.25, 0.3) is 0 Å². The third kappa shape index (κ3) is 3.31. The first-order chi connectivity index (χ1) is 13.6. The normalized spacial score (nSPS) is 20.4. The number of non-ortho nitro benzene ring substituents is 1. The van der Waals surface area contributed by atoms with Crippen LogP contribution in [0.4, 0.5) is 11.4 Å². The van der Waals surface area contributed by atoms with Gasteiger partial charge in [-0.3, -0.25) is 25.0 Å². The second kappa shape index (κ2) is 7.01. The molecule has 0 unspecified atom stereocenters. The van der Waals surface area contributed by atoms with Gasteiger partial charge in [0.05, 0.1) is 23.0 Å². The number of nitro benzene ring substituents is 1. The summed E-state index contributed by atoms with van der Waals surface area (Å²) in [6, 6.07) is 4.67. The predicted molar refractivity (Wildman–Crippen MR) is 106 cm³/mol. The van der Waals surface area contributed by atoms with Crippen molar-refractivity contribution in [3.63, 3.8) is 0 Å². The highest BCUT2D eigenvalue weighted by atomic mass is 16.6. The van der Waals surface area contributed by atoms with Crippen LogP contribution in [0.2, 0.25) is 0 Å². The first kappa shape index (κ1) is 20.0. The van der Waals surface area contributed by atoms with Crippen molar-refractivity contribution in [2.24, 2.45) is 0 Å². The lowest BCUT2D eigenvalue weighted by atomic mass is 9.83. The van der Waals surface area contributed by atoms with Crippen LogP contribution >= 0.6 is 0 Å². The van der Waals surface area contributed by atoms with Crippen LogP contribution in [0.3, 0.4) is 0 Å². The number of methoxy groups -OCH3 is 1. The van der Waals surface area contributed by atoms with Gasteiger partial charge in [0.15, 0.2) is 5.76 Å². The number of likely N-dealkylation sites (N-methyl/N-ethyl adjacent to an activating group) is 1. The number of rotatable bonds is 4. The predicted octanol–water partition coefficient (Wildman–Crippen LogP) is 3.41. The molecule has 3 rings (SSSR count). The molecule has 0 amide bonds. The fraction of sp³-hybridized carbons (Fsp3) is 0.250. The average molecular weight is 397 g/mol. The largest absolute Gasteiger partial charge is 0.492 e. The van der Waals surface area contributed by atoms with E-state index >= 15 is 0 Å². The van der Waals surface area contributed by atoms with Gasteiger partial charge in [0.1, 0.15) is 0 Å². The number of carbonyl (C=O) groups is 1. The quantitative estimate of drug-likeness (QED) is 0.434. The molecule has 0 radical (unpaired) electrons. The molecule has 1 aromatic carbocycles. The molecule has 0 spiro atoms. The van der Waals surface area contributed by atoms with E-state index in [-0.39, 0.29) is 22.7 Å². The Morgan fingerprint density at radius 3 is 2.38 bits per heavy atom. The summed E-state index contributed by atoms with van der Waals surface area (Å²) in [4.78, 5) is 35.6. The Hall–Kier alpha value is -3.75. The Kier molecular flexibility index (Phi) is 4.83. The van der Waals surface area contributed by atoms with E-state index in [0.29, 0.717) is 0 Å². The van der Waals surface area contributed by atoms with Crippen LogP contribution in [0, 0.1) is 20.2 Å². The third-order valence-electron chi connectivity index (χ3n) is 5.15. The van der Waals surface area contributed by atoms with Crippen LogP contribution in [0.5, 0.6) is 0 Å². The van der Waals surface area contributed by atoms with Gasteiger partial charge >= 0.3 is 0 Å². The molecule has 29 heavy (non-hydrogen) atoms. The zero-order valence-electron chi connectivity index (χ0n) is 16.3. The van der Waals surface area contributed by atoms with Gasteiger partial charge in [0, 0.05) is 47.6 Å². The van der Waals surface area contributed by atoms with Crippen molar-refractivity contribution in [1.29, 1.82) is 0 Å². The Morgan fingerprint density at radius 1 is 1.10 bits per heavy atom. The zero-order valence-corrected chi connectivity index (χ0v) is 16.3. The van der Waals surface area contributed by atoms with Gasteiger partial charge in [-0.1, -0.05) is 13.8 Å². The van der Waals surface area contributed by atoms with Crippen molar-refractivity contribution in [2.45, 2.75) is 19.3 Å². The van der Waals surface area contributed by atoms with Crippen molar-refractivity contribution in [3.05, 3.63) is 91.0 Å². The molecule has 0 aromatic heterocycles. The van der Waals surface area contributed by atoms with Crippen molar-refractivity contribution in [1.82, 2.24) is 0 Å². The molecule has 0 saturated heterocycles. The number of ketones is 1. The van der Waals surface area contributed by atoms with E-state index in [1.165, 1.54) is 25.3 Å². The fourth-order valence-electron chi connectivity index (χ4n) is 3.60. The summed E-state index contributed by atoms with van der Waals surface area (Å²) < 4.78 is 4.96. The van der Waals surface area contributed by atoms with Crippen LogP contribution in [0.15, 0.2) is 65.2 Å². The van der Waals surface area contributed by atoms with Crippen molar-refractivity contribution >= 4 is 17.2 Å². The van der Waals surface area contributed by atoms with Gasteiger partial charge in [-0.05, 0) is 23.8 Å². The molecule has 0 atom stereocenters. The van der Waals surface area contributed by atoms with Crippen molar-refractivity contribution < 1.29 is 19.4 Å². The SMILES string of the molecule is COC1=CC([N+](=O)[O-])=C/C(=C/C=C2\N(C)c3ccc([N+](=O)[O-])cc3C2(C)C)C1=O. The molecular formula is C20H19N3O6. The highest BCUT2D eigenvalue weighted by Gasteiger charge is 2.39. The smallest absolute Gasteiger partial charge is 0.274 e. The molecule has 1 aliphatic carbocycles. The van der Waals surface area contributed by atoms with Crippen LogP contribution in [-0.2, 0) is 14.9 Å². The number of benzene rings is 1. The van der Waals surface area contributed by atoms with Crippen LogP contribution in [0.1, 0.15) is 19.4 Å². The number of hydrogen-bond acceptors (Lipinski definition) is 7. The Balaban J connectivity index is 2.06. The van der Waals surface area contributed by atoms with Crippen LogP contribution in [-0.4, -0.2) is 29.8 Å².